The van der Waals surface area contributed by atoms with Crippen LogP contribution in [0.5, 0.6) is 0 Å². The number of carbonyl (C=O) groups is 1. The molecule has 0 radical (unpaired) electrons. The molecule has 1 heterocycles. The topological polar surface area (TPSA) is 69.7 Å². The van der Waals surface area contributed by atoms with Gasteiger partial charge in [0.05, 0.1) is 20.6 Å². The first kappa shape index (κ1) is 24.0. The Labute approximate surface area is 194 Å². The van der Waals surface area contributed by atoms with Crippen molar-refractivity contribution in [1.82, 2.24) is 9.21 Å². The zero-order chi connectivity index (χ0) is 22.8. The molecule has 0 atom stereocenters. The van der Waals surface area contributed by atoms with Crippen molar-refractivity contribution < 1.29 is 13.2 Å². The maximum Gasteiger partial charge on any atom is 0.243 e. The second kappa shape index (κ2) is 9.88. The third-order valence-electron chi connectivity index (χ3n) is 5.42. The molecule has 2 aromatic rings. The van der Waals surface area contributed by atoms with Crippen molar-refractivity contribution in [2.45, 2.75) is 32.1 Å². The fourth-order valence-electron chi connectivity index (χ4n) is 3.98. The SMILES string of the molecule is Cc1cc(C)c(S(=O)(=O)N2CCN(CCC(=O)Nc3c(Cl)cccc3Cl)CC2)c(C)c1. The van der Waals surface area contributed by atoms with E-state index in [-0.39, 0.29) is 12.3 Å². The van der Waals surface area contributed by atoms with Crippen LogP contribution in [-0.4, -0.2) is 56.3 Å². The number of piperazine rings is 1. The maximum atomic E-state index is 13.2. The van der Waals surface area contributed by atoms with E-state index >= 15 is 0 Å². The molecule has 0 saturated carbocycles. The molecule has 168 valence electrons. The van der Waals surface area contributed by atoms with Gasteiger partial charge in [-0.25, -0.2) is 8.42 Å². The van der Waals surface area contributed by atoms with Crippen LogP contribution in [0.4, 0.5) is 5.69 Å². The first-order valence-electron chi connectivity index (χ1n) is 10.1. The molecule has 1 aliphatic heterocycles. The summed E-state index contributed by atoms with van der Waals surface area (Å²) in [7, 11) is -3.55. The Balaban J connectivity index is 1.56. The van der Waals surface area contributed by atoms with Crippen LogP contribution in [0.2, 0.25) is 10.0 Å². The van der Waals surface area contributed by atoms with Crippen LogP contribution in [0.25, 0.3) is 0 Å². The van der Waals surface area contributed by atoms with Crippen molar-refractivity contribution >= 4 is 44.8 Å². The third-order valence-corrected chi connectivity index (χ3v) is 8.25. The minimum absolute atomic E-state index is 0.184. The first-order chi connectivity index (χ1) is 14.6. The number of aryl methyl sites for hydroxylation is 3. The van der Waals surface area contributed by atoms with Crippen LogP contribution >= 0.6 is 23.2 Å². The molecule has 0 unspecified atom stereocenters. The lowest BCUT2D eigenvalue weighted by Gasteiger charge is -2.34. The summed E-state index contributed by atoms with van der Waals surface area (Å²) < 4.78 is 27.9. The highest BCUT2D eigenvalue weighted by Gasteiger charge is 2.31. The van der Waals surface area contributed by atoms with Gasteiger partial charge >= 0.3 is 0 Å². The molecule has 1 saturated heterocycles. The molecule has 0 spiro atoms. The summed E-state index contributed by atoms with van der Waals surface area (Å²) in [4.78, 5) is 14.8. The molecular formula is C22H27Cl2N3O3S. The Morgan fingerprint density at radius 3 is 2.10 bits per heavy atom. The molecule has 3 rings (SSSR count). The van der Waals surface area contributed by atoms with E-state index in [1.54, 1.807) is 18.2 Å². The zero-order valence-electron chi connectivity index (χ0n) is 17.9. The van der Waals surface area contributed by atoms with Crippen LogP contribution in [0.15, 0.2) is 35.2 Å². The van der Waals surface area contributed by atoms with E-state index in [1.807, 2.05) is 32.9 Å². The minimum Gasteiger partial charge on any atom is -0.324 e. The smallest absolute Gasteiger partial charge is 0.243 e. The molecule has 2 aromatic carbocycles. The number of hydrogen-bond donors (Lipinski definition) is 1. The summed E-state index contributed by atoms with van der Waals surface area (Å²) in [6, 6.07) is 8.85. The van der Waals surface area contributed by atoms with Gasteiger partial charge in [-0.05, 0) is 44.0 Å². The fourth-order valence-corrected chi connectivity index (χ4v) is 6.30. The van der Waals surface area contributed by atoms with Gasteiger partial charge in [0.2, 0.25) is 15.9 Å². The Morgan fingerprint density at radius 2 is 1.55 bits per heavy atom. The lowest BCUT2D eigenvalue weighted by Crippen LogP contribution is -2.49. The van der Waals surface area contributed by atoms with E-state index < -0.39 is 10.0 Å². The van der Waals surface area contributed by atoms with Crippen molar-refractivity contribution in [1.29, 1.82) is 0 Å². The van der Waals surface area contributed by atoms with Crippen molar-refractivity contribution in [3.05, 3.63) is 57.1 Å². The van der Waals surface area contributed by atoms with Gasteiger partial charge in [0, 0.05) is 39.1 Å². The lowest BCUT2D eigenvalue weighted by atomic mass is 10.1. The van der Waals surface area contributed by atoms with Crippen molar-refractivity contribution in [2.75, 3.05) is 38.0 Å². The normalized spacial score (nSPS) is 15.8. The van der Waals surface area contributed by atoms with Gasteiger partial charge in [0.15, 0.2) is 0 Å². The molecule has 0 aliphatic carbocycles. The number of rotatable bonds is 6. The number of para-hydroxylation sites is 1. The molecule has 1 amide bonds. The van der Waals surface area contributed by atoms with Crippen molar-refractivity contribution in [3.63, 3.8) is 0 Å². The average Bonchev–Trinajstić information content (AvgIpc) is 2.68. The molecule has 9 heteroatoms. The standard InChI is InChI=1S/C22H27Cl2N3O3S/c1-15-13-16(2)22(17(3)14-15)31(29,30)27-11-9-26(10-12-27)8-7-20(28)25-21-18(23)5-4-6-19(21)24/h4-6,13-14H,7-12H2,1-3H3,(H,25,28). The molecule has 6 nitrogen and oxygen atoms in total. The van der Waals surface area contributed by atoms with Gasteiger partial charge in [-0.3, -0.25) is 4.79 Å². The molecule has 0 bridgehead atoms. The van der Waals surface area contributed by atoms with Crippen LogP contribution in [0.3, 0.4) is 0 Å². The number of nitrogens with one attached hydrogen (secondary N) is 1. The number of nitrogens with zero attached hydrogens (tertiary/aromatic N) is 2. The predicted octanol–water partition coefficient (Wildman–Crippen LogP) is 4.25. The maximum absolute atomic E-state index is 13.2. The van der Waals surface area contributed by atoms with Crippen LogP contribution < -0.4 is 5.32 Å². The number of amides is 1. The Morgan fingerprint density at radius 1 is 1.00 bits per heavy atom. The summed E-state index contributed by atoms with van der Waals surface area (Å²) >= 11 is 12.2. The van der Waals surface area contributed by atoms with E-state index in [9.17, 15) is 13.2 Å². The van der Waals surface area contributed by atoms with Gasteiger partial charge < -0.3 is 10.2 Å². The van der Waals surface area contributed by atoms with Crippen LogP contribution in [0, 0.1) is 20.8 Å². The Hall–Kier alpha value is -1.64. The number of anilines is 1. The first-order valence-corrected chi connectivity index (χ1v) is 12.3. The monoisotopic (exact) mass is 483 g/mol. The van der Waals surface area contributed by atoms with Crippen molar-refractivity contribution in [3.8, 4) is 0 Å². The fraction of sp³-hybridized carbons (Fsp3) is 0.409. The summed E-state index contributed by atoms with van der Waals surface area (Å²) in [5.41, 5.74) is 3.01. The molecule has 31 heavy (non-hydrogen) atoms. The number of benzene rings is 2. The zero-order valence-corrected chi connectivity index (χ0v) is 20.2. The number of sulfonamides is 1. The van der Waals surface area contributed by atoms with E-state index in [0.717, 1.165) is 16.7 Å². The van der Waals surface area contributed by atoms with Gasteiger partial charge in [0.1, 0.15) is 0 Å². The molecule has 1 N–H and O–H groups in total. The number of carbonyl (C=O) groups excluding carboxylic acids is 1. The molecular weight excluding hydrogens is 457 g/mol. The quantitative estimate of drug-likeness (QED) is 0.666. The summed E-state index contributed by atoms with van der Waals surface area (Å²) in [5, 5.41) is 3.53. The second-order valence-corrected chi connectivity index (χ2v) is 10.6. The average molecular weight is 484 g/mol. The highest BCUT2D eigenvalue weighted by atomic mass is 35.5. The Kier molecular flexibility index (Phi) is 7.65. The van der Waals surface area contributed by atoms with Crippen molar-refractivity contribution in [2.24, 2.45) is 0 Å². The molecule has 1 aliphatic rings. The number of hydrogen-bond acceptors (Lipinski definition) is 4. The van der Waals surface area contributed by atoms with E-state index in [2.05, 4.69) is 10.2 Å². The third kappa shape index (κ3) is 5.59. The van der Waals surface area contributed by atoms with Crippen LogP contribution in [0.1, 0.15) is 23.1 Å². The summed E-state index contributed by atoms with van der Waals surface area (Å²) in [6.07, 6.45) is 0.268. The van der Waals surface area contributed by atoms with E-state index in [0.29, 0.717) is 53.4 Å². The van der Waals surface area contributed by atoms with Gasteiger partial charge in [-0.2, -0.15) is 4.31 Å². The van der Waals surface area contributed by atoms with E-state index in [4.69, 9.17) is 23.2 Å². The van der Waals surface area contributed by atoms with Crippen LogP contribution in [-0.2, 0) is 14.8 Å². The second-order valence-electron chi connectivity index (χ2n) is 7.87. The lowest BCUT2D eigenvalue weighted by molar-refractivity contribution is -0.116. The largest absolute Gasteiger partial charge is 0.324 e. The Bertz CT molecular complexity index is 1040. The summed E-state index contributed by atoms with van der Waals surface area (Å²) in [6.45, 7) is 8.11. The van der Waals surface area contributed by atoms with Gasteiger partial charge in [0.25, 0.3) is 0 Å². The number of halogens is 2. The predicted molar refractivity (Wildman–Crippen MR) is 126 cm³/mol. The van der Waals surface area contributed by atoms with Gasteiger partial charge in [-0.1, -0.05) is 47.0 Å². The highest BCUT2D eigenvalue weighted by Crippen LogP contribution is 2.30. The summed E-state index contributed by atoms with van der Waals surface area (Å²) in [5.74, 6) is -0.184. The van der Waals surface area contributed by atoms with E-state index in [1.165, 1.54) is 4.31 Å². The van der Waals surface area contributed by atoms with Gasteiger partial charge in [-0.15, -0.1) is 0 Å². The molecule has 1 fully saturated rings. The minimum atomic E-state index is -3.55. The highest BCUT2D eigenvalue weighted by molar-refractivity contribution is 7.89. The molecule has 0 aromatic heterocycles.